The zero-order valence-corrected chi connectivity index (χ0v) is 16.6. The van der Waals surface area contributed by atoms with Crippen LogP contribution in [0.15, 0.2) is 62.9 Å². The Morgan fingerprint density at radius 3 is 2.35 bits per heavy atom. The molecule has 0 saturated carbocycles. The Balaban J connectivity index is 2.24. The molecule has 0 unspecified atom stereocenters. The van der Waals surface area contributed by atoms with Gasteiger partial charge in [0.25, 0.3) is 0 Å². The van der Waals surface area contributed by atoms with Gasteiger partial charge in [0.1, 0.15) is 5.03 Å². The summed E-state index contributed by atoms with van der Waals surface area (Å²) in [7, 11) is -5.39. The van der Waals surface area contributed by atoms with Crippen LogP contribution in [0.5, 0.6) is 0 Å². The normalized spacial score (nSPS) is 12.7. The minimum Gasteiger partial charge on any atom is -0.345 e. The summed E-state index contributed by atoms with van der Waals surface area (Å²) in [5.74, 6) is 0. The fourth-order valence-electron chi connectivity index (χ4n) is 2.63. The van der Waals surface area contributed by atoms with Crippen LogP contribution in [0.2, 0.25) is 19.6 Å². The van der Waals surface area contributed by atoms with Crippen molar-refractivity contribution in [3.63, 3.8) is 0 Å². The monoisotopic (exact) mass is 407 g/mol. The maximum Gasteiger partial charge on any atom is 0.221 e. The van der Waals surface area contributed by atoms with Crippen molar-refractivity contribution in [3.8, 4) is 0 Å². The number of hydrogen-bond acceptors (Lipinski definition) is 2. The van der Waals surface area contributed by atoms with Gasteiger partial charge in [0, 0.05) is 15.4 Å². The molecule has 3 aromatic rings. The van der Waals surface area contributed by atoms with E-state index in [0.29, 0.717) is 4.90 Å². The van der Waals surface area contributed by atoms with Gasteiger partial charge in [-0.25, -0.2) is 8.42 Å². The number of rotatable bonds is 3. The lowest BCUT2D eigenvalue weighted by atomic mass is 10.3. The van der Waals surface area contributed by atoms with E-state index in [1.807, 2.05) is 30.3 Å². The molecule has 0 fully saturated rings. The van der Waals surface area contributed by atoms with Gasteiger partial charge in [0.15, 0.2) is 0 Å². The van der Waals surface area contributed by atoms with E-state index in [1.165, 1.54) is 0 Å². The highest BCUT2D eigenvalue weighted by atomic mass is 79.9. The van der Waals surface area contributed by atoms with Gasteiger partial charge >= 0.3 is 0 Å². The van der Waals surface area contributed by atoms with Gasteiger partial charge in [-0.2, -0.15) is 0 Å². The number of hydrogen-bond donors (Lipinski definition) is 1. The minimum atomic E-state index is -3.57. The van der Waals surface area contributed by atoms with Gasteiger partial charge in [-0.05, 0) is 35.5 Å². The number of nitrogens with one attached hydrogen (secondary N) is 1. The van der Waals surface area contributed by atoms with Crippen LogP contribution in [0, 0.1) is 0 Å². The second kappa shape index (κ2) is 5.61. The molecule has 1 N–H and O–H groups in total. The van der Waals surface area contributed by atoms with Crippen LogP contribution >= 0.6 is 15.9 Å². The summed E-state index contributed by atoms with van der Waals surface area (Å²) < 4.78 is 27.2. The smallest absolute Gasteiger partial charge is 0.221 e. The number of H-pyrrole nitrogens is 1. The van der Waals surface area contributed by atoms with Crippen molar-refractivity contribution in [2.45, 2.75) is 29.6 Å². The van der Waals surface area contributed by atoms with E-state index in [0.717, 1.165) is 20.6 Å². The molecule has 6 heteroatoms. The van der Waals surface area contributed by atoms with Crippen LogP contribution in [-0.4, -0.2) is 21.5 Å². The number of para-hydroxylation sites is 1. The molecule has 0 atom stereocenters. The predicted octanol–water partition coefficient (Wildman–Crippen LogP) is 4.31. The van der Waals surface area contributed by atoms with Gasteiger partial charge < -0.3 is 4.98 Å². The van der Waals surface area contributed by atoms with Crippen LogP contribution in [0.25, 0.3) is 10.9 Å². The topological polar surface area (TPSA) is 49.9 Å². The van der Waals surface area contributed by atoms with Crippen LogP contribution in [0.4, 0.5) is 0 Å². The molecule has 0 amide bonds. The SMILES string of the molecule is C[Si](C)(C)c1cc(Br)ccc1S(=O)(=O)c1cc2ccccc2[nH]1. The molecule has 1 heterocycles. The molecule has 0 bridgehead atoms. The number of aromatic nitrogens is 1. The molecule has 0 aliphatic heterocycles. The molecule has 23 heavy (non-hydrogen) atoms. The summed E-state index contributed by atoms with van der Waals surface area (Å²) in [5.41, 5.74) is 0.831. The Kier molecular flexibility index (Phi) is 4.02. The molecule has 0 radical (unpaired) electrons. The molecule has 1 aromatic heterocycles. The van der Waals surface area contributed by atoms with Crippen LogP contribution in [-0.2, 0) is 9.84 Å². The summed E-state index contributed by atoms with van der Waals surface area (Å²) in [6.45, 7) is 6.46. The van der Waals surface area contributed by atoms with Crippen molar-refractivity contribution in [3.05, 3.63) is 53.0 Å². The molecular weight excluding hydrogens is 390 g/mol. The van der Waals surface area contributed by atoms with Crippen molar-refractivity contribution < 1.29 is 8.42 Å². The van der Waals surface area contributed by atoms with E-state index in [4.69, 9.17) is 0 Å². The Labute approximate surface area is 145 Å². The lowest BCUT2D eigenvalue weighted by molar-refractivity contribution is 0.594. The number of benzene rings is 2. The van der Waals surface area contributed by atoms with Gasteiger partial charge in [-0.3, -0.25) is 0 Å². The van der Waals surface area contributed by atoms with Crippen molar-refractivity contribution in [2.75, 3.05) is 0 Å². The number of halogens is 1. The molecule has 120 valence electrons. The molecule has 2 aromatic carbocycles. The first-order chi connectivity index (χ1) is 10.7. The maximum atomic E-state index is 13.2. The largest absolute Gasteiger partial charge is 0.345 e. The van der Waals surface area contributed by atoms with E-state index in [1.54, 1.807) is 18.2 Å². The second-order valence-corrected chi connectivity index (χ2v) is 14.5. The third-order valence-corrected chi connectivity index (χ3v) is 8.27. The van der Waals surface area contributed by atoms with E-state index in [-0.39, 0.29) is 5.03 Å². The van der Waals surface area contributed by atoms with Crippen LogP contribution in [0.3, 0.4) is 0 Å². The Hall–Kier alpha value is -1.37. The number of aromatic amines is 1. The fraction of sp³-hybridized carbons (Fsp3) is 0.176. The van der Waals surface area contributed by atoms with E-state index < -0.39 is 17.9 Å². The molecule has 0 aliphatic carbocycles. The van der Waals surface area contributed by atoms with Crippen molar-refractivity contribution in [2.24, 2.45) is 0 Å². The first-order valence-electron chi connectivity index (χ1n) is 7.32. The number of sulfone groups is 1. The summed E-state index contributed by atoms with van der Waals surface area (Å²) in [6.07, 6.45) is 0. The lowest BCUT2D eigenvalue weighted by Gasteiger charge is -2.21. The average Bonchev–Trinajstić information content (AvgIpc) is 2.90. The standard InChI is InChI=1S/C17H18BrNO2SSi/c1-23(2,3)16-11-13(18)8-9-15(16)22(20,21)17-10-12-6-4-5-7-14(12)19-17/h4-11,19H,1-3H3. The second-order valence-electron chi connectivity index (χ2n) is 6.61. The Morgan fingerprint density at radius 1 is 1.00 bits per heavy atom. The summed E-state index contributed by atoms with van der Waals surface area (Å²) in [6, 6.07) is 14.7. The van der Waals surface area contributed by atoms with E-state index >= 15 is 0 Å². The van der Waals surface area contributed by atoms with Crippen LogP contribution < -0.4 is 5.19 Å². The third kappa shape index (κ3) is 3.03. The van der Waals surface area contributed by atoms with Gasteiger partial charge in [-0.1, -0.05) is 53.8 Å². The van der Waals surface area contributed by atoms with Crippen molar-refractivity contribution in [1.82, 2.24) is 4.98 Å². The Morgan fingerprint density at radius 2 is 1.70 bits per heavy atom. The zero-order valence-electron chi connectivity index (χ0n) is 13.2. The Bertz CT molecular complexity index is 954. The highest BCUT2D eigenvalue weighted by Crippen LogP contribution is 2.26. The highest BCUT2D eigenvalue weighted by Gasteiger charge is 2.29. The van der Waals surface area contributed by atoms with Gasteiger partial charge in [0.2, 0.25) is 9.84 Å². The molecule has 0 spiro atoms. The highest BCUT2D eigenvalue weighted by molar-refractivity contribution is 9.10. The minimum absolute atomic E-state index is 0.250. The molecule has 3 rings (SSSR count). The summed E-state index contributed by atoms with van der Waals surface area (Å²) >= 11 is 3.46. The number of fused-ring (bicyclic) bond motifs is 1. The van der Waals surface area contributed by atoms with Crippen molar-refractivity contribution >= 4 is 49.9 Å². The maximum absolute atomic E-state index is 13.2. The van der Waals surface area contributed by atoms with Gasteiger partial charge in [0.05, 0.1) is 13.0 Å². The molecular formula is C17H18BrNO2SSi. The zero-order chi connectivity index (χ0) is 16.8. The fourth-order valence-corrected chi connectivity index (χ4v) is 7.30. The van der Waals surface area contributed by atoms with E-state index in [2.05, 4.69) is 40.6 Å². The van der Waals surface area contributed by atoms with E-state index in [9.17, 15) is 8.42 Å². The summed E-state index contributed by atoms with van der Waals surface area (Å²) in [4.78, 5) is 3.45. The lowest BCUT2D eigenvalue weighted by Crippen LogP contribution is -2.41. The predicted molar refractivity (Wildman–Crippen MR) is 101 cm³/mol. The van der Waals surface area contributed by atoms with Crippen LogP contribution in [0.1, 0.15) is 0 Å². The summed E-state index contributed by atoms with van der Waals surface area (Å²) in [5, 5.41) is 2.09. The first-order valence-corrected chi connectivity index (χ1v) is 13.1. The van der Waals surface area contributed by atoms with Crippen molar-refractivity contribution in [1.29, 1.82) is 0 Å². The first kappa shape index (κ1) is 16.5. The third-order valence-electron chi connectivity index (χ3n) is 3.83. The molecule has 3 nitrogen and oxygen atoms in total. The molecule has 0 aliphatic rings. The molecule has 0 saturated heterocycles. The average molecular weight is 408 g/mol. The van der Waals surface area contributed by atoms with Gasteiger partial charge in [-0.15, -0.1) is 0 Å². The quantitative estimate of drug-likeness (QED) is 0.657.